The average molecular weight is 334 g/mol. The van der Waals surface area contributed by atoms with Gasteiger partial charge in [-0.3, -0.25) is 9.59 Å². The molecular formula is C18H26N2O4. The lowest BCUT2D eigenvalue weighted by Crippen LogP contribution is -2.46. The Bertz CT molecular complexity index is 632. The van der Waals surface area contributed by atoms with E-state index in [1.54, 1.807) is 6.07 Å². The standard InChI is InChI=1S/C18H26N2O4/c1-12-7-8-14(13(2)9-12)17(23)24-11-16(22)20(6)10-15(21)19-18(3,4)5/h7-9H,10-11H2,1-6H3,(H,19,21). The lowest BCUT2D eigenvalue weighted by Gasteiger charge is -2.23. The Kier molecular flexibility index (Phi) is 6.51. The van der Waals surface area contributed by atoms with Crippen molar-refractivity contribution >= 4 is 17.8 Å². The number of nitrogens with one attached hydrogen (secondary N) is 1. The minimum Gasteiger partial charge on any atom is -0.452 e. The monoisotopic (exact) mass is 334 g/mol. The van der Waals surface area contributed by atoms with Crippen LogP contribution in [0.25, 0.3) is 0 Å². The number of hydrogen-bond acceptors (Lipinski definition) is 4. The van der Waals surface area contributed by atoms with E-state index < -0.39 is 18.5 Å². The summed E-state index contributed by atoms with van der Waals surface area (Å²) in [6, 6.07) is 5.37. The van der Waals surface area contributed by atoms with Crippen molar-refractivity contribution in [2.24, 2.45) is 0 Å². The number of carbonyl (C=O) groups is 3. The largest absolute Gasteiger partial charge is 0.452 e. The molecule has 0 spiro atoms. The first-order valence-corrected chi connectivity index (χ1v) is 7.79. The van der Waals surface area contributed by atoms with Crippen LogP contribution in [0.1, 0.15) is 42.3 Å². The molecule has 0 aromatic heterocycles. The summed E-state index contributed by atoms with van der Waals surface area (Å²) >= 11 is 0. The SMILES string of the molecule is Cc1ccc(C(=O)OCC(=O)N(C)CC(=O)NC(C)(C)C)c(C)c1. The van der Waals surface area contributed by atoms with Gasteiger partial charge in [-0.2, -0.15) is 0 Å². The number of rotatable bonds is 5. The molecule has 0 atom stereocenters. The van der Waals surface area contributed by atoms with Crippen LogP contribution in [-0.2, 0) is 14.3 Å². The molecule has 0 unspecified atom stereocenters. The summed E-state index contributed by atoms with van der Waals surface area (Å²) in [5, 5.41) is 2.77. The van der Waals surface area contributed by atoms with E-state index in [0.717, 1.165) is 11.1 Å². The van der Waals surface area contributed by atoms with Gasteiger partial charge in [0.25, 0.3) is 5.91 Å². The predicted octanol–water partition coefficient (Wildman–Crippen LogP) is 1.83. The van der Waals surface area contributed by atoms with Gasteiger partial charge in [0, 0.05) is 12.6 Å². The summed E-state index contributed by atoms with van der Waals surface area (Å²) in [6.07, 6.45) is 0. The Labute approximate surface area is 143 Å². The number of likely N-dealkylation sites (N-methyl/N-ethyl adjacent to an activating group) is 1. The van der Waals surface area contributed by atoms with E-state index >= 15 is 0 Å². The van der Waals surface area contributed by atoms with Crippen molar-refractivity contribution in [3.63, 3.8) is 0 Å². The van der Waals surface area contributed by atoms with E-state index in [1.165, 1.54) is 11.9 Å². The maximum absolute atomic E-state index is 12.0. The summed E-state index contributed by atoms with van der Waals surface area (Å²) in [7, 11) is 1.50. The maximum atomic E-state index is 12.0. The molecule has 132 valence electrons. The van der Waals surface area contributed by atoms with Gasteiger partial charge in [0.2, 0.25) is 5.91 Å². The summed E-state index contributed by atoms with van der Waals surface area (Å²) in [5.74, 6) is -1.25. The molecular weight excluding hydrogens is 308 g/mol. The smallest absolute Gasteiger partial charge is 0.338 e. The molecule has 0 aliphatic heterocycles. The van der Waals surface area contributed by atoms with Crippen molar-refractivity contribution in [2.75, 3.05) is 20.2 Å². The second kappa shape index (κ2) is 7.95. The third-order valence-corrected chi connectivity index (χ3v) is 3.25. The highest BCUT2D eigenvalue weighted by atomic mass is 16.5. The van der Waals surface area contributed by atoms with Crippen molar-refractivity contribution in [3.8, 4) is 0 Å². The summed E-state index contributed by atoms with van der Waals surface area (Å²) in [4.78, 5) is 37.1. The number of ether oxygens (including phenoxy) is 1. The van der Waals surface area contributed by atoms with E-state index in [1.807, 2.05) is 46.8 Å². The van der Waals surface area contributed by atoms with E-state index in [0.29, 0.717) is 5.56 Å². The molecule has 1 aromatic carbocycles. The maximum Gasteiger partial charge on any atom is 0.338 e. The average Bonchev–Trinajstić information content (AvgIpc) is 2.42. The van der Waals surface area contributed by atoms with E-state index in [4.69, 9.17) is 4.74 Å². The Morgan fingerprint density at radius 3 is 2.33 bits per heavy atom. The van der Waals surface area contributed by atoms with Crippen molar-refractivity contribution in [1.29, 1.82) is 0 Å². The number of benzene rings is 1. The van der Waals surface area contributed by atoms with E-state index in [9.17, 15) is 14.4 Å². The fraction of sp³-hybridized carbons (Fsp3) is 0.500. The normalized spacial score (nSPS) is 10.9. The molecule has 0 radical (unpaired) electrons. The molecule has 0 aliphatic rings. The quantitative estimate of drug-likeness (QED) is 0.834. The summed E-state index contributed by atoms with van der Waals surface area (Å²) < 4.78 is 5.05. The van der Waals surface area contributed by atoms with Gasteiger partial charge in [-0.05, 0) is 46.2 Å². The van der Waals surface area contributed by atoms with Crippen LogP contribution in [0.15, 0.2) is 18.2 Å². The molecule has 1 N–H and O–H groups in total. The van der Waals surface area contributed by atoms with Gasteiger partial charge in [0.15, 0.2) is 6.61 Å². The van der Waals surface area contributed by atoms with Crippen LogP contribution in [0.5, 0.6) is 0 Å². The first kappa shape index (κ1) is 19.7. The zero-order valence-electron chi connectivity index (χ0n) is 15.2. The van der Waals surface area contributed by atoms with Gasteiger partial charge < -0.3 is 15.0 Å². The fourth-order valence-corrected chi connectivity index (χ4v) is 2.12. The van der Waals surface area contributed by atoms with Crippen molar-refractivity contribution in [1.82, 2.24) is 10.2 Å². The zero-order chi connectivity index (χ0) is 18.5. The lowest BCUT2D eigenvalue weighted by molar-refractivity contribution is -0.137. The summed E-state index contributed by atoms with van der Waals surface area (Å²) in [6.45, 7) is 8.84. The highest BCUT2D eigenvalue weighted by Gasteiger charge is 2.19. The molecule has 0 fully saturated rings. The zero-order valence-corrected chi connectivity index (χ0v) is 15.2. The first-order chi connectivity index (χ1) is 11.0. The van der Waals surface area contributed by atoms with Gasteiger partial charge in [0.1, 0.15) is 0 Å². The van der Waals surface area contributed by atoms with Gasteiger partial charge in [-0.25, -0.2) is 4.79 Å². The van der Waals surface area contributed by atoms with Crippen LogP contribution in [0.2, 0.25) is 0 Å². The molecule has 1 aromatic rings. The molecule has 0 aliphatic carbocycles. The molecule has 6 nitrogen and oxygen atoms in total. The molecule has 2 amide bonds. The van der Waals surface area contributed by atoms with E-state index in [2.05, 4.69) is 5.32 Å². The van der Waals surface area contributed by atoms with Crippen LogP contribution >= 0.6 is 0 Å². The van der Waals surface area contributed by atoms with Gasteiger partial charge in [-0.1, -0.05) is 17.7 Å². The molecule has 0 heterocycles. The Morgan fingerprint density at radius 2 is 1.79 bits per heavy atom. The number of carbonyl (C=O) groups excluding carboxylic acids is 3. The molecule has 0 saturated carbocycles. The predicted molar refractivity (Wildman–Crippen MR) is 91.7 cm³/mol. The fourth-order valence-electron chi connectivity index (χ4n) is 2.12. The van der Waals surface area contributed by atoms with E-state index in [-0.39, 0.29) is 18.0 Å². The van der Waals surface area contributed by atoms with Crippen LogP contribution in [0, 0.1) is 13.8 Å². The van der Waals surface area contributed by atoms with Crippen LogP contribution in [-0.4, -0.2) is 48.4 Å². The minimum atomic E-state index is -0.548. The molecule has 6 heteroatoms. The Balaban J connectivity index is 2.53. The number of hydrogen-bond donors (Lipinski definition) is 1. The second-order valence-corrected chi connectivity index (χ2v) is 6.94. The molecule has 24 heavy (non-hydrogen) atoms. The Hall–Kier alpha value is -2.37. The highest BCUT2D eigenvalue weighted by molar-refractivity contribution is 5.93. The van der Waals surface area contributed by atoms with Crippen molar-refractivity contribution in [3.05, 3.63) is 34.9 Å². The number of aryl methyl sites for hydroxylation is 2. The van der Waals surface area contributed by atoms with Crippen LogP contribution in [0.3, 0.4) is 0 Å². The van der Waals surface area contributed by atoms with Gasteiger partial charge >= 0.3 is 5.97 Å². The Morgan fingerprint density at radius 1 is 1.17 bits per heavy atom. The summed E-state index contributed by atoms with van der Waals surface area (Å²) in [5.41, 5.74) is 1.91. The molecule has 0 bridgehead atoms. The minimum absolute atomic E-state index is 0.0861. The number of nitrogens with zero attached hydrogens (tertiary/aromatic N) is 1. The molecule has 0 saturated heterocycles. The molecule has 1 rings (SSSR count). The van der Waals surface area contributed by atoms with Gasteiger partial charge in [0.05, 0.1) is 12.1 Å². The third kappa shape index (κ3) is 6.40. The number of esters is 1. The van der Waals surface area contributed by atoms with Crippen molar-refractivity contribution in [2.45, 2.75) is 40.2 Å². The van der Waals surface area contributed by atoms with Gasteiger partial charge in [-0.15, -0.1) is 0 Å². The lowest BCUT2D eigenvalue weighted by atomic mass is 10.1. The highest BCUT2D eigenvalue weighted by Crippen LogP contribution is 2.11. The second-order valence-electron chi connectivity index (χ2n) is 6.94. The number of amides is 2. The first-order valence-electron chi connectivity index (χ1n) is 7.79. The topological polar surface area (TPSA) is 75.7 Å². The van der Waals surface area contributed by atoms with Crippen molar-refractivity contribution < 1.29 is 19.1 Å². The van der Waals surface area contributed by atoms with Crippen LogP contribution < -0.4 is 5.32 Å². The van der Waals surface area contributed by atoms with Crippen LogP contribution in [0.4, 0.5) is 0 Å². The third-order valence-electron chi connectivity index (χ3n) is 3.25.